The molecule has 2 aromatic rings. The van der Waals surface area contributed by atoms with Crippen molar-refractivity contribution in [3.8, 4) is 0 Å². The van der Waals surface area contributed by atoms with Crippen molar-refractivity contribution in [2.75, 3.05) is 0 Å². The Balaban J connectivity index is 2.20. The summed E-state index contributed by atoms with van der Waals surface area (Å²) < 4.78 is 31.8. The first-order valence-corrected chi connectivity index (χ1v) is 7.90. The normalized spacial score (nSPS) is 11.9. The molecule has 0 amide bonds. The van der Waals surface area contributed by atoms with Crippen LogP contribution in [0.15, 0.2) is 20.9 Å². The summed E-state index contributed by atoms with van der Waals surface area (Å²) in [5, 5.41) is 14.6. The van der Waals surface area contributed by atoms with Gasteiger partial charge < -0.3 is 9.63 Å². The number of hydrogen-bond donors (Lipinski definition) is 2. The fraction of sp³-hybridized carbons (Fsp3) is 0.364. The lowest BCUT2D eigenvalue weighted by atomic mass is 10.3. The van der Waals surface area contributed by atoms with Crippen LogP contribution in [0.1, 0.15) is 21.9 Å². The smallest absolute Gasteiger partial charge is 0.242 e. The van der Waals surface area contributed by atoms with Gasteiger partial charge in [0.05, 0.1) is 23.7 Å². The van der Waals surface area contributed by atoms with Crippen molar-refractivity contribution in [2.45, 2.75) is 31.9 Å². The van der Waals surface area contributed by atoms with Crippen LogP contribution in [-0.2, 0) is 23.2 Å². The van der Waals surface area contributed by atoms with E-state index in [9.17, 15) is 13.5 Å². The molecule has 2 rings (SSSR count). The Hall–Kier alpha value is -1.22. The molecule has 0 unspecified atom stereocenters. The van der Waals surface area contributed by atoms with E-state index in [4.69, 9.17) is 4.52 Å². The standard InChI is InChI=1S/C11H14N2O4S2/c1-7-6-18-10(5-14)11(7)19(15,16)12-4-9-3-8(2)13-17-9/h3,6,12,14H,4-5H2,1-2H3. The topological polar surface area (TPSA) is 92.4 Å². The van der Waals surface area contributed by atoms with Crippen molar-refractivity contribution in [3.05, 3.63) is 33.3 Å². The summed E-state index contributed by atoms with van der Waals surface area (Å²) >= 11 is 1.22. The number of aliphatic hydroxyl groups is 1. The molecular formula is C11H14N2O4S2. The van der Waals surface area contributed by atoms with Crippen LogP contribution in [-0.4, -0.2) is 18.7 Å². The van der Waals surface area contributed by atoms with Crippen LogP contribution in [0, 0.1) is 13.8 Å². The number of aryl methyl sites for hydroxylation is 2. The van der Waals surface area contributed by atoms with Crippen molar-refractivity contribution in [1.29, 1.82) is 0 Å². The largest absolute Gasteiger partial charge is 0.391 e. The van der Waals surface area contributed by atoms with Gasteiger partial charge in [-0.2, -0.15) is 0 Å². The monoisotopic (exact) mass is 302 g/mol. The molecule has 0 bridgehead atoms. The molecule has 2 N–H and O–H groups in total. The van der Waals surface area contributed by atoms with Crippen molar-refractivity contribution < 1.29 is 18.0 Å². The van der Waals surface area contributed by atoms with E-state index in [1.165, 1.54) is 11.3 Å². The van der Waals surface area contributed by atoms with Crippen LogP contribution in [0.5, 0.6) is 0 Å². The van der Waals surface area contributed by atoms with Gasteiger partial charge in [-0.3, -0.25) is 0 Å². The SMILES string of the molecule is Cc1cc(CNS(=O)(=O)c2c(C)csc2CO)on1. The highest BCUT2D eigenvalue weighted by molar-refractivity contribution is 7.89. The summed E-state index contributed by atoms with van der Waals surface area (Å²) in [6.07, 6.45) is 0. The summed E-state index contributed by atoms with van der Waals surface area (Å²) in [5.74, 6) is 0.444. The lowest BCUT2D eigenvalue weighted by Gasteiger charge is -2.06. The first kappa shape index (κ1) is 14.2. The van der Waals surface area contributed by atoms with Gasteiger partial charge in [0.25, 0.3) is 0 Å². The average molecular weight is 302 g/mol. The second kappa shape index (κ2) is 5.41. The highest BCUT2D eigenvalue weighted by Gasteiger charge is 2.22. The average Bonchev–Trinajstić information content (AvgIpc) is 2.93. The predicted molar refractivity (Wildman–Crippen MR) is 70.2 cm³/mol. The van der Waals surface area contributed by atoms with Crippen LogP contribution in [0.2, 0.25) is 0 Å². The minimum absolute atomic E-state index is 0.0311. The summed E-state index contributed by atoms with van der Waals surface area (Å²) in [7, 11) is -3.67. The van der Waals surface area contributed by atoms with Gasteiger partial charge in [0.15, 0.2) is 5.76 Å². The highest BCUT2D eigenvalue weighted by Crippen LogP contribution is 2.26. The van der Waals surface area contributed by atoms with E-state index in [1.54, 1.807) is 25.3 Å². The lowest BCUT2D eigenvalue weighted by Crippen LogP contribution is -2.24. The van der Waals surface area contributed by atoms with Crippen LogP contribution in [0.4, 0.5) is 0 Å². The van der Waals surface area contributed by atoms with Crippen LogP contribution >= 0.6 is 11.3 Å². The number of aliphatic hydroxyl groups excluding tert-OH is 1. The van der Waals surface area contributed by atoms with E-state index in [1.807, 2.05) is 0 Å². The van der Waals surface area contributed by atoms with Gasteiger partial charge in [0, 0.05) is 6.07 Å². The van der Waals surface area contributed by atoms with E-state index in [-0.39, 0.29) is 18.0 Å². The van der Waals surface area contributed by atoms with Gasteiger partial charge in [-0.25, -0.2) is 13.1 Å². The second-order valence-electron chi connectivity index (χ2n) is 4.09. The van der Waals surface area contributed by atoms with Gasteiger partial charge in [0.1, 0.15) is 4.90 Å². The molecule has 0 fully saturated rings. The number of sulfonamides is 1. The number of thiophene rings is 1. The van der Waals surface area contributed by atoms with Crippen LogP contribution in [0.25, 0.3) is 0 Å². The zero-order valence-electron chi connectivity index (χ0n) is 10.5. The molecular weight excluding hydrogens is 288 g/mol. The molecule has 6 nitrogen and oxygen atoms in total. The molecule has 19 heavy (non-hydrogen) atoms. The molecule has 0 aliphatic rings. The van der Waals surface area contributed by atoms with E-state index in [0.717, 1.165) is 0 Å². The van der Waals surface area contributed by atoms with Gasteiger partial charge in [-0.1, -0.05) is 5.16 Å². The lowest BCUT2D eigenvalue weighted by molar-refractivity contribution is 0.282. The van der Waals surface area contributed by atoms with Crippen LogP contribution < -0.4 is 4.72 Å². The number of hydrogen-bond acceptors (Lipinski definition) is 6. The van der Waals surface area contributed by atoms with E-state index >= 15 is 0 Å². The van der Waals surface area contributed by atoms with E-state index in [0.29, 0.717) is 21.9 Å². The first-order valence-electron chi connectivity index (χ1n) is 5.53. The fourth-order valence-electron chi connectivity index (χ4n) is 1.70. The minimum Gasteiger partial charge on any atom is -0.391 e. The molecule has 0 radical (unpaired) electrons. The Labute approximate surface area is 115 Å². The number of aromatic nitrogens is 1. The first-order chi connectivity index (χ1) is 8.94. The van der Waals surface area contributed by atoms with Gasteiger partial charge in [0.2, 0.25) is 10.0 Å². The molecule has 104 valence electrons. The Morgan fingerprint density at radius 1 is 1.47 bits per heavy atom. The molecule has 0 aromatic carbocycles. The number of nitrogens with one attached hydrogen (secondary N) is 1. The maximum atomic E-state index is 12.2. The minimum atomic E-state index is -3.67. The Kier molecular flexibility index (Phi) is 4.04. The molecule has 0 atom stereocenters. The zero-order valence-corrected chi connectivity index (χ0v) is 12.1. The third kappa shape index (κ3) is 3.03. The Morgan fingerprint density at radius 3 is 2.79 bits per heavy atom. The van der Waals surface area contributed by atoms with Crippen molar-refractivity contribution in [2.24, 2.45) is 0 Å². The molecule has 2 heterocycles. The summed E-state index contributed by atoms with van der Waals surface area (Å²) in [6.45, 7) is 3.19. The molecule has 0 aliphatic carbocycles. The molecule has 0 saturated heterocycles. The van der Waals surface area contributed by atoms with Crippen LogP contribution in [0.3, 0.4) is 0 Å². The number of nitrogens with zero attached hydrogens (tertiary/aromatic N) is 1. The maximum Gasteiger partial charge on any atom is 0.242 e. The molecule has 0 aliphatic heterocycles. The third-order valence-corrected chi connectivity index (χ3v) is 5.36. The fourth-order valence-corrected chi connectivity index (χ4v) is 4.35. The van der Waals surface area contributed by atoms with Gasteiger partial charge in [-0.15, -0.1) is 11.3 Å². The molecule has 8 heteroatoms. The Bertz CT molecular complexity index is 673. The van der Waals surface area contributed by atoms with Crippen molar-refractivity contribution in [1.82, 2.24) is 9.88 Å². The van der Waals surface area contributed by atoms with Crippen molar-refractivity contribution >= 4 is 21.4 Å². The number of rotatable bonds is 5. The highest BCUT2D eigenvalue weighted by atomic mass is 32.2. The Morgan fingerprint density at radius 2 is 2.21 bits per heavy atom. The predicted octanol–water partition coefficient (Wildman–Crippen LogP) is 1.32. The maximum absolute atomic E-state index is 12.2. The summed E-state index contributed by atoms with van der Waals surface area (Å²) in [4.78, 5) is 0.579. The third-order valence-electron chi connectivity index (χ3n) is 2.51. The molecule has 2 aromatic heterocycles. The molecule has 0 spiro atoms. The van der Waals surface area contributed by atoms with Gasteiger partial charge in [-0.05, 0) is 24.8 Å². The molecule has 0 saturated carbocycles. The van der Waals surface area contributed by atoms with E-state index in [2.05, 4.69) is 9.88 Å². The zero-order chi connectivity index (χ0) is 14.0. The summed E-state index contributed by atoms with van der Waals surface area (Å²) in [5.41, 5.74) is 1.31. The quantitative estimate of drug-likeness (QED) is 0.869. The second-order valence-corrected chi connectivity index (χ2v) is 6.76. The van der Waals surface area contributed by atoms with Gasteiger partial charge >= 0.3 is 0 Å². The summed E-state index contributed by atoms with van der Waals surface area (Å²) in [6, 6.07) is 1.66. The van der Waals surface area contributed by atoms with E-state index < -0.39 is 10.0 Å². The van der Waals surface area contributed by atoms with Crippen molar-refractivity contribution in [3.63, 3.8) is 0 Å².